The lowest BCUT2D eigenvalue weighted by atomic mass is 9.80. The van der Waals surface area contributed by atoms with Crippen LogP contribution in [0.4, 0.5) is 0 Å². The number of H-pyrrole nitrogens is 2. The molecule has 1 heterocycles. The Labute approximate surface area is 141 Å². The molecule has 1 atom stereocenters. The van der Waals surface area contributed by atoms with Crippen molar-refractivity contribution in [2.45, 2.75) is 70.9 Å². The summed E-state index contributed by atoms with van der Waals surface area (Å²) in [7, 11) is -0.536. The van der Waals surface area contributed by atoms with Gasteiger partial charge >= 0.3 is 0 Å². The minimum Gasteiger partial charge on any atom is -0.415 e. The lowest BCUT2D eigenvalue weighted by Crippen LogP contribution is -2.34. The number of hydrogen-bond acceptors (Lipinski definition) is 2. The molecule has 0 saturated heterocycles. The van der Waals surface area contributed by atoms with E-state index >= 15 is 0 Å². The predicted octanol–water partition coefficient (Wildman–Crippen LogP) is 4.44. The van der Waals surface area contributed by atoms with Crippen molar-refractivity contribution in [3.63, 3.8) is 0 Å². The molecule has 2 rings (SSSR count). The second-order valence-electron chi connectivity index (χ2n) is 8.21. The molecule has 124 valence electrons. The van der Waals surface area contributed by atoms with Crippen molar-refractivity contribution in [2.75, 3.05) is 0 Å². The van der Waals surface area contributed by atoms with Crippen molar-refractivity contribution in [2.24, 2.45) is 5.92 Å². The summed E-state index contributed by atoms with van der Waals surface area (Å²) >= 11 is 5.11. The molecule has 1 aromatic rings. The molecule has 0 bridgehead atoms. The van der Waals surface area contributed by atoms with Crippen molar-refractivity contribution >= 4 is 22.0 Å². The molecule has 5 heteroatoms. The third-order valence-electron chi connectivity index (χ3n) is 4.27. The van der Waals surface area contributed by atoms with E-state index in [0.29, 0.717) is 11.0 Å². The van der Waals surface area contributed by atoms with Gasteiger partial charge in [-0.2, -0.15) is 0 Å². The topological polar surface area (TPSA) is 40.8 Å². The number of rotatable bonds is 5. The van der Waals surface area contributed by atoms with E-state index in [4.69, 9.17) is 16.6 Å². The van der Waals surface area contributed by atoms with Gasteiger partial charge in [0.15, 0.2) is 14.5 Å². The fourth-order valence-corrected chi connectivity index (χ4v) is 4.11. The summed E-state index contributed by atoms with van der Waals surface area (Å²) in [5.41, 5.74) is 2.59. The molecule has 22 heavy (non-hydrogen) atoms. The zero-order valence-electron chi connectivity index (χ0n) is 14.6. The van der Waals surface area contributed by atoms with Crippen molar-refractivity contribution < 1.29 is 4.43 Å². The van der Waals surface area contributed by atoms with E-state index in [9.17, 15) is 0 Å². The van der Waals surface area contributed by atoms with Crippen LogP contribution in [0.3, 0.4) is 0 Å². The Morgan fingerprint density at radius 3 is 2.64 bits per heavy atom. The van der Waals surface area contributed by atoms with E-state index in [-0.39, 0.29) is 5.60 Å². The molecular weight excluding hydrogens is 308 g/mol. The van der Waals surface area contributed by atoms with Crippen LogP contribution in [0.1, 0.15) is 59.6 Å². The van der Waals surface area contributed by atoms with Crippen LogP contribution in [0.25, 0.3) is 0 Å². The van der Waals surface area contributed by atoms with Gasteiger partial charge in [-0.05, 0) is 68.3 Å². The molecule has 1 aliphatic rings. The first-order valence-corrected chi connectivity index (χ1v) is 9.95. The Hall–Kier alpha value is -0.653. The van der Waals surface area contributed by atoms with E-state index in [1.54, 1.807) is 0 Å². The highest BCUT2D eigenvalue weighted by Gasteiger charge is 2.30. The van der Waals surface area contributed by atoms with Gasteiger partial charge in [0.05, 0.1) is 5.60 Å². The number of aromatic amines is 2. The number of nitrogens with one attached hydrogen (secondary N) is 2. The monoisotopic (exact) mass is 338 g/mol. The molecule has 0 aliphatic heterocycles. The van der Waals surface area contributed by atoms with Gasteiger partial charge in [0.2, 0.25) is 0 Å². The Kier molecular flexibility index (Phi) is 5.51. The lowest BCUT2D eigenvalue weighted by molar-refractivity contribution is 0.138. The maximum absolute atomic E-state index is 6.38. The minimum atomic E-state index is -0.536. The normalized spacial score (nSPS) is 20.6. The standard InChI is InChI=1S/C17H30N2OSSi/c1-16(2,3)22-20-17(4,5)13-8-6-7-12(9-13)10-14-11-18-15(21)19-14/h8,11-12H,6-7,9-10,22H2,1-5H3,(H2,18,19,21). The summed E-state index contributed by atoms with van der Waals surface area (Å²) in [5.74, 6) is 0.681. The third-order valence-corrected chi connectivity index (χ3v) is 6.23. The highest BCUT2D eigenvalue weighted by molar-refractivity contribution is 7.71. The number of imidazole rings is 1. The fourth-order valence-electron chi connectivity index (χ4n) is 2.94. The van der Waals surface area contributed by atoms with Crippen LogP contribution < -0.4 is 0 Å². The zero-order valence-corrected chi connectivity index (χ0v) is 16.8. The van der Waals surface area contributed by atoms with Crippen molar-refractivity contribution in [1.29, 1.82) is 0 Å². The molecule has 1 aromatic heterocycles. The van der Waals surface area contributed by atoms with Gasteiger partial charge < -0.3 is 14.4 Å². The fraction of sp³-hybridized carbons (Fsp3) is 0.706. The van der Waals surface area contributed by atoms with Crippen LogP contribution in [-0.4, -0.2) is 25.3 Å². The first kappa shape index (κ1) is 17.7. The van der Waals surface area contributed by atoms with Gasteiger partial charge in [0.25, 0.3) is 0 Å². The zero-order chi connectivity index (χ0) is 16.4. The van der Waals surface area contributed by atoms with E-state index < -0.39 is 9.76 Å². The van der Waals surface area contributed by atoms with E-state index in [2.05, 4.69) is 50.7 Å². The van der Waals surface area contributed by atoms with Gasteiger partial charge in [0.1, 0.15) is 0 Å². The van der Waals surface area contributed by atoms with Crippen LogP contribution in [0.2, 0.25) is 5.04 Å². The lowest BCUT2D eigenvalue weighted by Gasteiger charge is -2.36. The first-order valence-electron chi connectivity index (χ1n) is 8.26. The average molecular weight is 339 g/mol. The maximum Gasteiger partial charge on any atom is 0.174 e. The highest BCUT2D eigenvalue weighted by atomic mass is 32.1. The van der Waals surface area contributed by atoms with E-state index in [0.717, 1.165) is 24.0 Å². The minimum absolute atomic E-state index is 0.108. The Morgan fingerprint density at radius 1 is 1.32 bits per heavy atom. The van der Waals surface area contributed by atoms with Crippen molar-refractivity contribution in [1.82, 2.24) is 9.97 Å². The van der Waals surface area contributed by atoms with Crippen LogP contribution >= 0.6 is 12.2 Å². The maximum atomic E-state index is 6.38. The van der Waals surface area contributed by atoms with Gasteiger partial charge in [-0.1, -0.05) is 26.8 Å². The van der Waals surface area contributed by atoms with Gasteiger partial charge in [0, 0.05) is 11.9 Å². The molecule has 0 fully saturated rings. The largest absolute Gasteiger partial charge is 0.415 e. The average Bonchev–Trinajstić information content (AvgIpc) is 2.82. The molecule has 3 nitrogen and oxygen atoms in total. The Bertz CT molecular complexity index is 580. The molecule has 2 N–H and O–H groups in total. The molecule has 1 aliphatic carbocycles. The smallest absolute Gasteiger partial charge is 0.174 e. The molecule has 1 unspecified atom stereocenters. The molecule has 0 radical (unpaired) electrons. The van der Waals surface area contributed by atoms with Crippen LogP contribution in [-0.2, 0) is 10.8 Å². The second-order valence-corrected chi connectivity index (χ2v) is 11.3. The van der Waals surface area contributed by atoms with Crippen molar-refractivity contribution in [3.8, 4) is 0 Å². The Morgan fingerprint density at radius 2 is 2.05 bits per heavy atom. The van der Waals surface area contributed by atoms with Gasteiger partial charge in [-0.15, -0.1) is 0 Å². The molecule has 0 saturated carbocycles. The van der Waals surface area contributed by atoms with Gasteiger partial charge in [-0.3, -0.25) is 0 Å². The quantitative estimate of drug-likeness (QED) is 0.473. The Balaban J connectivity index is 1.97. The number of hydrogen-bond donors (Lipinski definition) is 2. The van der Waals surface area contributed by atoms with Crippen LogP contribution in [0.5, 0.6) is 0 Å². The molecule has 0 amide bonds. The van der Waals surface area contributed by atoms with Crippen LogP contribution in [0, 0.1) is 10.7 Å². The number of allylic oxidation sites excluding steroid dienone is 1. The molecular formula is C17H30N2OSSi. The first-order chi connectivity index (χ1) is 10.2. The SMILES string of the molecule is CC(C)(C)[SiH2]OC(C)(C)C1=CCCC(Cc2c[nH]c(=S)[nH]2)C1. The van der Waals surface area contributed by atoms with Crippen molar-refractivity contribution in [3.05, 3.63) is 28.3 Å². The molecule has 0 aromatic carbocycles. The van der Waals surface area contributed by atoms with E-state index in [1.807, 2.05) is 6.20 Å². The summed E-state index contributed by atoms with van der Waals surface area (Å²) < 4.78 is 7.10. The summed E-state index contributed by atoms with van der Waals surface area (Å²) in [6.45, 7) is 11.3. The van der Waals surface area contributed by atoms with Gasteiger partial charge in [-0.25, -0.2) is 0 Å². The molecule has 0 spiro atoms. The second kappa shape index (κ2) is 6.85. The highest BCUT2D eigenvalue weighted by Crippen LogP contribution is 2.35. The summed E-state index contributed by atoms with van der Waals surface area (Å²) in [4.78, 5) is 6.30. The van der Waals surface area contributed by atoms with E-state index in [1.165, 1.54) is 17.7 Å². The summed E-state index contributed by atoms with van der Waals surface area (Å²) in [5, 5.41) is 0.339. The van der Waals surface area contributed by atoms with Crippen LogP contribution in [0.15, 0.2) is 17.8 Å². The number of aromatic nitrogens is 2. The predicted molar refractivity (Wildman–Crippen MR) is 98.5 cm³/mol. The summed E-state index contributed by atoms with van der Waals surface area (Å²) in [6, 6.07) is 0. The summed E-state index contributed by atoms with van der Waals surface area (Å²) in [6.07, 6.45) is 9.03. The third kappa shape index (κ3) is 5.21.